The Morgan fingerprint density at radius 2 is 1.94 bits per heavy atom. The third-order valence-electron chi connectivity index (χ3n) is 7.13. The maximum atomic E-state index is 6.14. The van der Waals surface area contributed by atoms with Crippen molar-refractivity contribution in [1.82, 2.24) is 20.1 Å². The fraction of sp³-hybridized carbons (Fsp3) is 0.500. The van der Waals surface area contributed by atoms with E-state index in [1.807, 2.05) is 18.2 Å². The van der Waals surface area contributed by atoms with E-state index in [9.17, 15) is 0 Å². The van der Waals surface area contributed by atoms with Crippen molar-refractivity contribution in [2.75, 3.05) is 40.1 Å². The van der Waals surface area contributed by atoms with E-state index in [0.29, 0.717) is 31.1 Å². The predicted octanol–water partition coefficient (Wildman–Crippen LogP) is 3.05. The van der Waals surface area contributed by atoms with Gasteiger partial charge in [0.2, 0.25) is 6.23 Å². The Bertz CT molecular complexity index is 1050. The summed E-state index contributed by atoms with van der Waals surface area (Å²) in [4.78, 5) is 9.58. The van der Waals surface area contributed by atoms with E-state index in [2.05, 4.69) is 38.3 Å². The normalized spacial score (nSPS) is 24.3. The SMILES string of the molecule is COC1=CC2=CC3=C(CC=CC3)N(CN3CCC(NCc4ccc5c(n4)OCCO5)CC3)C2O1. The molecule has 1 aromatic heterocycles. The van der Waals surface area contributed by atoms with E-state index in [4.69, 9.17) is 18.9 Å². The highest BCUT2D eigenvalue weighted by molar-refractivity contribution is 5.45. The third kappa shape index (κ3) is 4.28. The van der Waals surface area contributed by atoms with Crippen LogP contribution < -0.4 is 14.8 Å². The highest BCUT2D eigenvalue weighted by atomic mass is 16.7. The van der Waals surface area contributed by atoms with E-state index in [1.165, 1.54) is 16.8 Å². The van der Waals surface area contributed by atoms with Crippen LogP contribution in [-0.2, 0) is 16.0 Å². The Morgan fingerprint density at radius 1 is 1.09 bits per heavy atom. The maximum Gasteiger partial charge on any atom is 0.281 e. The number of hydrogen-bond acceptors (Lipinski definition) is 8. The number of nitrogens with zero attached hydrogens (tertiary/aromatic N) is 3. The van der Waals surface area contributed by atoms with Crippen LogP contribution in [0.4, 0.5) is 0 Å². The molecular weight excluding hydrogens is 432 g/mol. The van der Waals surface area contributed by atoms with E-state index in [1.54, 1.807) is 7.11 Å². The van der Waals surface area contributed by atoms with Crippen molar-refractivity contribution in [3.05, 3.63) is 64.9 Å². The summed E-state index contributed by atoms with van der Waals surface area (Å²) in [5.74, 6) is 1.95. The molecule has 0 aromatic carbocycles. The molecular formula is C26H32N4O4. The molecule has 6 rings (SSSR count). The first-order chi connectivity index (χ1) is 16.8. The highest BCUT2D eigenvalue weighted by Gasteiger charge is 2.37. The second kappa shape index (κ2) is 9.35. The lowest BCUT2D eigenvalue weighted by molar-refractivity contribution is -0.0458. The monoisotopic (exact) mass is 464 g/mol. The van der Waals surface area contributed by atoms with Crippen LogP contribution >= 0.6 is 0 Å². The number of fused-ring (bicyclic) bond motifs is 2. The molecule has 5 aliphatic rings. The Balaban J connectivity index is 1.04. The summed E-state index contributed by atoms with van der Waals surface area (Å²) >= 11 is 0. The number of hydrogen-bond donors (Lipinski definition) is 1. The zero-order valence-electron chi connectivity index (χ0n) is 19.7. The highest BCUT2D eigenvalue weighted by Crippen LogP contribution is 2.38. The molecule has 8 nitrogen and oxygen atoms in total. The van der Waals surface area contributed by atoms with E-state index in [-0.39, 0.29) is 6.23 Å². The number of allylic oxidation sites excluding steroid dienone is 4. The Kier molecular flexibility index (Phi) is 5.93. The minimum Gasteiger partial charge on any atom is -0.484 e. The lowest BCUT2D eigenvalue weighted by Crippen LogP contribution is -2.50. The minimum absolute atomic E-state index is 0.0858. The molecule has 34 heavy (non-hydrogen) atoms. The number of aromatic nitrogens is 1. The zero-order valence-corrected chi connectivity index (χ0v) is 19.7. The third-order valence-corrected chi connectivity index (χ3v) is 7.13. The first-order valence-corrected chi connectivity index (χ1v) is 12.3. The van der Waals surface area contributed by atoms with Crippen molar-refractivity contribution in [3.8, 4) is 11.6 Å². The molecule has 4 aliphatic heterocycles. The number of ether oxygens (including phenoxy) is 4. The second-order valence-corrected chi connectivity index (χ2v) is 9.32. The van der Waals surface area contributed by atoms with Crippen LogP contribution in [0.25, 0.3) is 0 Å². The molecule has 0 spiro atoms. The lowest BCUT2D eigenvalue weighted by atomic mass is 9.94. The summed E-state index contributed by atoms with van der Waals surface area (Å²) in [6.45, 7) is 4.87. The molecule has 1 saturated heterocycles. The zero-order chi connectivity index (χ0) is 22.9. The summed E-state index contributed by atoms with van der Waals surface area (Å²) in [7, 11) is 1.67. The van der Waals surface area contributed by atoms with Gasteiger partial charge in [0.15, 0.2) is 5.75 Å². The van der Waals surface area contributed by atoms with Crippen molar-refractivity contribution in [3.63, 3.8) is 0 Å². The lowest BCUT2D eigenvalue weighted by Gasteiger charge is -2.42. The Morgan fingerprint density at radius 3 is 2.82 bits per heavy atom. The van der Waals surface area contributed by atoms with Crippen molar-refractivity contribution < 1.29 is 18.9 Å². The van der Waals surface area contributed by atoms with Crippen LogP contribution in [0.15, 0.2) is 59.2 Å². The van der Waals surface area contributed by atoms with Gasteiger partial charge in [-0.05, 0) is 43.0 Å². The van der Waals surface area contributed by atoms with Crippen LogP contribution in [0.1, 0.15) is 31.4 Å². The maximum absolute atomic E-state index is 6.14. The molecule has 0 amide bonds. The number of rotatable bonds is 6. The van der Waals surface area contributed by atoms with Gasteiger partial charge in [0.25, 0.3) is 11.8 Å². The van der Waals surface area contributed by atoms with Gasteiger partial charge in [0.05, 0.1) is 19.5 Å². The fourth-order valence-corrected chi connectivity index (χ4v) is 5.29. The van der Waals surface area contributed by atoms with Crippen molar-refractivity contribution in [1.29, 1.82) is 0 Å². The molecule has 1 atom stereocenters. The Hall–Kier alpha value is -2.97. The van der Waals surface area contributed by atoms with E-state index >= 15 is 0 Å². The molecule has 1 fully saturated rings. The van der Waals surface area contributed by atoms with Gasteiger partial charge in [-0.2, -0.15) is 0 Å². The van der Waals surface area contributed by atoms with Crippen LogP contribution in [0, 0.1) is 0 Å². The summed E-state index contributed by atoms with van der Waals surface area (Å²) in [5.41, 5.74) is 4.96. The van der Waals surface area contributed by atoms with Gasteiger partial charge < -0.3 is 29.2 Å². The molecule has 1 aromatic rings. The van der Waals surface area contributed by atoms with Gasteiger partial charge in [-0.1, -0.05) is 12.2 Å². The van der Waals surface area contributed by atoms with Crippen LogP contribution in [-0.4, -0.2) is 67.1 Å². The quantitative estimate of drug-likeness (QED) is 0.645. The average molecular weight is 465 g/mol. The topological polar surface area (TPSA) is 68.3 Å². The molecule has 1 N–H and O–H groups in total. The molecule has 0 radical (unpaired) electrons. The van der Waals surface area contributed by atoms with Crippen molar-refractivity contribution in [2.24, 2.45) is 0 Å². The summed E-state index contributed by atoms with van der Waals surface area (Å²) in [5, 5.41) is 3.69. The summed E-state index contributed by atoms with van der Waals surface area (Å²) in [6.07, 6.45) is 12.9. The molecule has 0 bridgehead atoms. The van der Waals surface area contributed by atoms with E-state index in [0.717, 1.165) is 63.4 Å². The van der Waals surface area contributed by atoms with Gasteiger partial charge in [0, 0.05) is 49.4 Å². The van der Waals surface area contributed by atoms with Crippen LogP contribution in [0.2, 0.25) is 0 Å². The smallest absolute Gasteiger partial charge is 0.281 e. The molecule has 0 saturated carbocycles. The Labute approximate surface area is 200 Å². The fourth-order valence-electron chi connectivity index (χ4n) is 5.29. The van der Waals surface area contributed by atoms with Gasteiger partial charge in [-0.3, -0.25) is 4.90 Å². The molecule has 1 unspecified atom stereocenters. The molecule has 1 aliphatic carbocycles. The van der Waals surface area contributed by atoms with Gasteiger partial charge >= 0.3 is 0 Å². The number of likely N-dealkylation sites (tertiary alicyclic amines) is 1. The first kappa shape index (κ1) is 21.6. The minimum atomic E-state index is -0.0858. The number of pyridine rings is 1. The number of piperidine rings is 1. The number of methoxy groups -OCH3 is 1. The largest absolute Gasteiger partial charge is 0.484 e. The van der Waals surface area contributed by atoms with Crippen LogP contribution in [0.3, 0.4) is 0 Å². The number of nitrogens with one attached hydrogen (secondary N) is 1. The molecule has 5 heterocycles. The van der Waals surface area contributed by atoms with Gasteiger partial charge in [0.1, 0.15) is 13.2 Å². The van der Waals surface area contributed by atoms with Gasteiger partial charge in [-0.25, -0.2) is 4.98 Å². The first-order valence-electron chi connectivity index (χ1n) is 12.3. The van der Waals surface area contributed by atoms with Crippen LogP contribution in [0.5, 0.6) is 11.6 Å². The van der Waals surface area contributed by atoms with Gasteiger partial charge in [-0.15, -0.1) is 0 Å². The standard InChI is InChI=1S/C26H32N4O4/c1-31-24-15-19-14-18-4-2-3-5-22(18)30(26(19)34-24)17-29-10-8-20(9-11-29)27-16-21-6-7-23-25(28-21)33-13-12-32-23/h2-3,6-7,14-15,20,26-27H,4-5,8-13,16-17H2,1H3. The van der Waals surface area contributed by atoms with Crippen molar-refractivity contribution >= 4 is 0 Å². The average Bonchev–Trinajstić information content (AvgIpc) is 3.31. The summed E-state index contributed by atoms with van der Waals surface area (Å²) < 4.78 is 22.7. The molecule has 8 heteroatoms. The summed E-state index contributed by atoms with van der Waals surface area (Å²) in [6, 6.07) is 4.46. The predicted molar refractivity (Wildman–Crippen MR) is 127 cm³/mol. The molecule has 180 valence electrons. The van der Waals surface area contributed by atoms with E-state index < -0.39 is 0 Å². The second-order valence-electron chi connectivity index (χ2n) is 9.32. The van der Waals surface area contributed by atoms with Crippen molar-refractivity contribution in [2.45, 2.75) is 44.5 Å².